The van der Waals surface area contributed by atoms with Crippen LogP contribution in [0.4, 0.5) is 4.39 Å². The summed E-state index contributed by atoms with van der Waals surface area (Å²) < 4.78 is 66.1. The lowest BCUT2D eigenvalue weighted by atomic mass is 10.2. The molecule has 3 rings (SSSR count). The van der Waals surface area contributed by atoms with Gasteiger partial charge in [0.25, 0.3) is 5.16 Å². The van der Waals surface area contributed by atoms with E-state index in [-0.39, 0.29) is 15.7 Å². The Morgan fingerprint density at radius 1 is 1.26 bits per heavy atom. The monoisotopic (exact) mass is 481 g/mol. The lowest BCUT2D eigenvalue weighted by Crippen LogP contribution is -2.29. The molecule has 0 saturated heterocycles. The summed E-state index contributed by atoms with van der Waals surface area (Å²) >= 11 is 3.19. The molecule has 27 heavy (non-hydrogen) atoms. The number of aliphatic hydroxyl groups is 1. The molecular formula is C13H13BrFN5O5S2. The first-order chi connectivity index (χ1) is 12.5. The third-order valence-corrected chi connectivity index (χ3v) is 7.69. The normalized spacial score (nSPS) is 13.0. The Labute approximate surface area is 162 Å². The van der Waals surface area contributed by atoms with Crippen LogP contribution in [0, 0.1) is 5.82 Å². The highest BCUT2D eigenvalue weighted by atomic mass is 79.9. The molecule has 10 nitrogen and oxygen atoms in total. The second-order valence-electron chi connectivity index (χ2n) is 5.54. The third-order valence-electron chi connectivity index (χ3n) is 3.68. The van der Waals surface area contributed by atoms with Crippen molar-refractivity contribution < 1.29 is 26.3 Å². The van der Waals surface area contributed by atoms with E-state index in [1.807, 2.05) is 0 Å². The van der Waals surface area contributed by atoms with E-state index in [0.29, 0.717) is 13.4 Å². The highest BCUT2D eigenvalue weighted by molar-refractivity contribution is 9.10. The minimum atomic E-state index is -4.54. The van der Waals surface area contributed by atoms with Gasteiger partial charge in [0.1, 0.15) is 12.1 Å². The zero-order valence-electron chi connectivity index (χ0n) is 13.9. The van der Waals surface area contributed by atoms with Gasteiger partial charge in [0.15, 0.2) is 0 Å². The Morgan fingerprint density at radius 3 is 2.52 bits per heavy atom. The number of fused-ring (bicyclic) bond motifs is 1. The molecule has 0 aliphatic rings. The van der Waals surface area contributed by atoms with Crippen LogP contribution in [0.1, 0.15) is 5.69 Å². The molecule has 0 radical (unpaired) electrons. The van der Waals surface area contributed by atoms with Gasteiger partial charge in [-0.05, 0) is 34.1 Å². The Morgan fingerprint density at radius 2 is 1.93 bits per heavy atom. The third kappa shape index (κ3) is 3.06. The molecule has 0 spiro atoms. The van der Waals surface area contributed by atoms with E-state index in [1.54, 1.807) is 0 Å². The van der Waals surface area contributed by atoms with Gasteiger partial charge in [-0.15, -0.1) is 9.19 Å². The fourth-order valence-electron chi connectivity index (χ4n) is 2.37. The number of halogens is 2. The number of hydrogen-bond acceptors (Lipinski definition) is 7. The average molecular weight is 482 g/mol. The molecule has 2 heterocycles. The first-order valence-electron chi connectivity index (χ1n) is 7.21. The van der Waals surface area contributed by atoms with E-state index in [9.17, 15) is 26.3 Å². The van der Waals surface area contributed by atoms with Crippen molar-refractivity contribution in [2.75, 3.05) is 14.1 Å². The SMILES string of the molecule is CN(C)S(=O)(=O)n1cnc(S(=O)(=O)n2c(CO)c(Br)c3ccc(F)cc32)n1. The number of rotatable bonds is 5. The van der Waals surface area contributed by atoms with Crippen molar-refractivity contribution in [3.8, 4) is 0 Å². The van der Waals surface area contributed by atoms with Gasteiger partial charge in [-0.1, -0.05) is 0 Å². The van der Waals surface area contributed by atoms with Gasteiger partial charge in [0, 0.05) is 24.0 Å². The molecular weight excluding hydrogens is 469 g/mol. The van der Waals surface area contributed by atoms with Crippen LogP contribution in [-0.4, -0.2) is 58.5 Å². The first kappa shape index (κ1) is 19.9. The summed E-state index contributed by atoms with van der Waals surface area (Å²) in [5.74, 6) is -0.692. The van der Waals surface area contributed by atoms with Gasteiger partial charge >= 0.3 is 20.2 Å². The molecule has 0 atom stereocenters. The van der Waals surface area contributed by atoms with Crippen LogP contribution in [0.2, 0.25) is 0 Å². The van der Waals surface area contributed by atoms with Gasteiger partial charge in [0.05, 0.1) is 17.8 Å². The van der Waals surface area contributed by atoms with E-state index >= 15 is 0 Å². The van der Waals surface area contributed by atoms with E-state index < -0.39 is 37.8 Å². The summed E-state index contributed by atoms with van der Waals surface area (Å²) in [6.45, 7) is -0.688. The van der Waals surface area contributed by atoms with E-state index in [1.165, 1.54) is 20.2 Å². The van der Waals surface area contributed by atoms with Gasteiger partial charge in [-0.2, -0.15) is 21.1 Å². The molecule has 0 amide bonds. The van der Waals surface area contributed by atoms with Crippen LogP contribution in [-0.2, 0) is 26.8 Å². The highest BCUT2D eigenvalue weighted by Crippen LogP contribution is 2.34. The topological polar surface area (TPSA) is 127 Å². The molecule has 2 aromatic heterocycles. The minimum Gasteiger partial charge on any atom is -0.390 e. The summed E-state index contributed by atoms with van der Waals surface area (Å²) in [5.41, 5.74) is -0.139. The van der Waals surface area contributed by atoms with Crippen molar-refractivity contribution in [2.24, 2.45) is 0 Å². The van der Waals surface area contributed by atoms with Gasteiger partial charge in [0.2, 0.25) is 0 Å². The van der Waals surface area contributed by atoms with Gasteiger partial charge in [-0.3, -0.25) is 0 Å². The molecule has 1 N–H and O–H groups in total. The zero-order valence-corrected chi connectivity index (χ0v) is 17.1. The maximum absolute atomic E-state index is 13.7. The van der Waals surface area contributed by atoms with E-state index in [2.05, 4.69) is 26.0 Å². The molecule has 0 aliphatic heterocycles. The first-order valence-corrected chi connectivity index (χ1v) is 10.8. The van der Waals surface area contributed by atoms with Crippen molar-refractivity contribution in [3.63, 3.8) is 0 Å². The lowest BCUT2D eigenvalue weighted by molar-refractivity contribution is 0.275. The molecule has 0 unspecified atom stereocenters. The molecule has 14 heteroatoms. The van der Waals surface area contributed by atoms with Gasteiger partial charge < -0.3 is 5.11 Å². The van der Waals surface area contributed by atoms with Crippen LogP contribution < -0.4 is 0 Å². The van der Waals surface area contributed by atoms with Crippen molar-refractivity contribution >= 4 is 47.1 Å². The second kappa shape index (κ2) is 6.63. The standard InChI is InChI=1S/C13H13BrFN5O5S2/c1-18(2)27(24,25)19-7-16-13(17-19)26(22,23)20-10-5-8(15)3-4-9(10)12(14)11(20)6-21/h3-5,7,21H,6H2,1-2H3. The molecule has 1 aromatic carbocycles. The molecule has 3 aromatic rings. The molecule has 0 saturated carbocycles. The second-order valence-corrected chi connectivity index (χ2v) is 10.0. The quantitative estimate of drug-likeness (QED) is 0.562. The van der Waals surface area contributed by atoms with Crippen molar-refractivity contribution in [1.29, 1.82) is 0 Å². The van der Waals surface area contributed by atoms with Gasteiger partial charge in [-0.25, -0.2) is 13.3 Å². The Hall–Kier alpha value is -1.87. The van der Waals surface area contributed by atoms with Crippen molar-refractivity contribution in [2.45, 2.75) is 11.8 Å². The number of aliphatic hydroxyl groups excluding tert-OH is 1. The largest absolute Gasteiger partial charge is 0.390 e. The smallest absolute Gasteiger partial charge is 0.323 e. The summed E-state index contributed by atoms with van der Waals surface area (Å²) in [6.07, 6.45) is 0.738. The maximum Gasteiger partial charge on any atom is 0.323 e. The number of benzene rings is 1. The predicted molar refractivity (Wildman–Crippen MR) is 96.1 cm³/mol. The van der Waals surface area contributed by atoms with Crippen molar-refractivity contribution in [1.82, 2.24) is 22.4 Å². The molecule has 0 bridgehead atoms. The number of hydrogen-bond donors (Lipinski definition) is 1. The fraction of sp³-hybridized carbons (Fsp3) is 0.231. The summed E-state index contributed by atoms with van der Waals surface area (Å²) in [6, 6.07) is 3.47. The lowest BCUT2D eigenvalue weighted by Gasteiger charge is -2.10. The van der Waals surface area contributed by atoms with Crippen LogP contribution in [0.25, 0.3) is 10.9 Å². The fourth-order valence-corrected chi connectivity index (χ4v) is 5.24. The highest BCUT2D eigenvalue weighted by Gasteiger charge is 2.31. The number of nitrogens with zero attached hydrogens (tertiary/aromatic N) is 5. The molecule has 0 fully saturated rings. The van der Waals surface area contributed by atoms with Crippen molar-refractivity contribution in [3.05, 3.63) is 40.5 Å². The van der Waals surface area contributed by atoms with E-state index in [4.69, 9.17) is 0 Å². The summed E-state index contributed by atoms with van der Waals surface area (Å²) in [4.78, 5) is 3.57. The number of aromatic nitrogens is 4. The Kier molecular flexibility index (Phi) is 4.88. The maximum atomic E-state index is 13.7. The molecule has 146 valence electrons. The predicted octanol–water partition coefficient (Wildman–Crippen LogP) is 0.518. The minimum absolute atomic E-state index is 0.0576. The zero-order chi connectivity index (χ0) is 20.1. The van der Waals surface area contributed by atoms with Crippen LogP contribution in [0.5, 0.6) is 0 Å². The average Bonchev–Trinajstić information content (AvgIpc) is 3.19. The van der Waals surface area contributed by atoms with Crippen LogP contribution in [0.15, 0.2) is 34.2 Å². The van der Waals surface area contributed by atoms with E-state index in [0.717, 1.165) is 22.8 Å². The summed E-state index contributed by atoms with van der Waals surface area (Å²) in [7, 11) is -6.12. The Balaban J connectivity index is 2.28. The van der Waals surface area contributed by atoms with Crippen LogP contribution in [0.3, 0.4) is 0 Å². The Bertz CT molecular complexity index is 1250. The summed E-state index contributed by atoms with van der Waals surface area (Å²) in [5, 5.41) is 12.7. The molecule has 0 aliphatic carbocycles. The van der Waals surface area contributed by atoms with Crippen LogP contribution >= 0.6 is 15.9 Å².